The summed E-state index contributed by atoms with van der Waals surface area (Å²) in [6.45, 7) is 4.62. The predicted molar refractivity (Wildman–Crippen MR) is 48.0 cm³/mol. The van der Waals surface area contributed by atoms with Gasteiger partial charge in [0.15, 0.2) is 0 Å². The van der Waals surface area contributed by atoms with Crippen molar-refractivity contribution in [2.75, 3.05) is 19.9 Å². The normalized spacial score (nSPS) is 20.2. The third-order valence-electron chi connectivity index (χ3n) is 1.57. The van der Waals surface area contributed by atoms with Crippen LogP contribution < -0.4 is 5.32 Å². The summed E-state index contributed by atoms with van der Waals surface area (Å²) in [6.07, 6.45) is 5.11. The number of amides is 1. The lowest BCUT2D eigenvalue weighted by molar-refractivity contribution is -0.118. The van der Waals surface area contributed by atoms with Crippen molar-refractivity contribution in [1.82, 2.24) is 5.32 Å². The van der Waals surface area contributed by atoms with Crippen molar-refractivity contribution in [3.05, 3.63) is 24.8 Å². The Balaban J connectivity index is 1.97. The van der Waals surface area contributed by atoms with Crippen molar-refractivity contribution >= 4 is 5.91 Å². The minimum absolute atomic E-state index is 0.0284. The van der Waals surface area contributed by atoms with Gasteiger partial charge >= 0.3 is 0 Å². The minimum Gasteiger partial charge on any atom is -0.368 e. The molecular formula is C9H13NO3. The Hall–Kier alpha value is -1.13. The first kappa shape index (κ1) is 9.95. The van der Waals surface area contributed by atoms with Crippen LogP contribution in [0.2, 0.25) is 0 Å². The smallest absolute Gasteiger partial charge is 0.245 e. The van der Waals surface area contributed by atoms with E-state index in [0.717, 1.165) is 0 Å². The Morgan fingerprint density at radius 2 is 2.69 bits per heavy atom. The molecule has 1 heterocycles. The molecule has 1 atom stereocenters. The Morgan fingerprint density at radius 3 is 3.31 bits per heavy atom. The third-order valence-corrected chi connectivity index (χ3v) is 1.57. The zero-order valence-corrected chi connectivity index (χ0v) is 7.36. The number of carbonyl (C=O) groups is 1. The van der Waals surface area contributed by atoms with Gasteiger partial charge in [0.1, 0.15) is 6.73 Å². The number of rotatable bonds is 5. The molecule has 1 aliphatic heterocycles. The summed E-state index contributed by atoms with van der Waals surface area (Å²) in [5, 5.41) is 2.50. The lowest BCUT2D eigenvalue weighted by Gasteiger charge is -2.09. The van der Waals surface area contributed by atoms with Crippen molar-refractivity contribution in [3.63, 3.8) is 0 Å². The van der Waals surface area contributed by atoms with E-state index in [2.05, 4.69) is 11.9 Å². The van der Waals surface area contributed by atoms with Crippen LogP contribution in [0.3, 0.4) is 0 Å². The molecule has 0 spiro atoms. The Labute approximate surface area is 77.2 Å². The van der Waals surface area contributed by atoms with Crippen LogP contribution in [-0.2, 0) is 14.3 Å². The molecule has 0 aliphatic carbocycles. The van der Waals surface area contributed by atoms with Gasteiger partial charge in [0.25, 0.3) is 0 Å². The summed E-state index contributed by atoms with van der Waals surface area (Å²) in [5.41, 5.74) is 0. The van der Waals surface area contributed by atoms with Gasteiger partial charge in [0.2, 0.25) is 5.91 Å². The fourth-order valence-electron chi connectivity index (χ4n) is 0.915. The lowest BCUT2D eigenvalue weighted by Crippen LogP contribution is -2.26. The minimum atomic E-state index is -0.233. The topological polar surface area (TPSA) is 47.6 Å². The summed E-state index contributed by atoms with van der Waals surface area (Å²) in [6, 6.07) is 0. The van der Waals surface area contributed by atoms with E-state index < -0.39 is 0 Å². The third kappa shape index (κ3) is 3.87. The molecular weight excluding hydrogens is 170 g/mol. The largest absolute Gasteiger partial charge is 0.368 e. The molecule has 1 unspecified atom stereocenters. The van der Waals surface area contributed by atoms with Crippen molar-refractivity contribution in [3.8, 4) is 0 Å². The van der Waals surface area contributed by atoms with Crippen molar-refractivity contribution in [2.24, 2.45) is 0 Å². The number of hydrogen-bond donors (Lipinski definition) is 1. The highest BCUT2D eigenvalue weighted by Crippen LogP contribution is 2.02. The maximum atomic E-state index is 10.7. The highest BCUT2D eigenvalue weighted by atomic mass is 16.5. The molecule has 0 saturated carbocycles. The number of hydrogen-bond acceptors (Lipinski definition) is 3. The van der Waals surface area contributed by atoms with Crippen molar-refractivity contribution in [1.29, 1.82) is 0 Å². The average Bonchev–Trinajstić information content (AvgIpc) is 2.64. The van der Waals surface area contributed by atoms with E-state index >= 15 is 0 Å². The summed E-state index contributed by atoms with van der Waals surface area (Å²) in [4.78, 5) is 10.7. The van der Waals surface area contributed by atoms with Crippen LogP contribution in [0.25, 0.3) is 0 Å². The Bertz CT molecular complexity index is 213. The van der Waals surface area contributed by atoms with Gasteiger partial charge in [-0.2, -0.15) is 0 Å². The van der Waals surface area contributed by atoms with E-state index in [4.69, 9.17) is 9.47 Å². The van der Waals surface area contributed by atoms with Crippen LogP contribution in [-0.4, -0.2) is 32.0 Å². The summed E-state index contributed by atoms with van der Waals surface area (Å²) in [5.74, 6) is -0.233. The molecule has 1 amide bonds. The van der Waals surface area contributed by atoms with E-state index in [9.17, 15) is 4.79 Å². The monoisotopic (exact) mass is 183 g/mol. The van der Waals surface area contributed by atoms with E-state index in [1.54, 1.807) is 0 Å². The molecule has 1 aliphatic rings. The van der Waals surface area contributed by atoms with Crippen molar-refractivity contribution in [2.45, 2.75) is 6.10 Å². The molecule has 4 heteroatoms. The summed E-state index contributed by atoms with van der Waals surface area (Å²) < 4.78 is 10.4. The number of ether oxygens (including phenoxy) is 2. The van der Waals surface area contributed by atoms with E-state index in [1.165, 1.54) is 6.08 Å². The zero-order chi connectivity index (χ0) is 9.52. The molecule has 0 aromatic heterocycles. The first-order valence-electron chi connectivity index (χ1n) is 4.09. The molecule has 72 valence electrons. The molecule has 4 nitrogen and oxygen atoms in total. The van der Waals surface area contributed by atoms with E-state index in [1.807, 2.05) is 12.2 Å². The second-order valence-electron chi connectivity index (χ2n) is 2.56. The van der Waals surface area contributed by atoms with Crippen LogP contribution in [0, 0.1) is 0 Å². The van der Waals surface area contributed by atoms with Gasteiger partial charge in [-0.25, -0.2) is 0 Å². The maximum absolute atomic E-state index is 10.7. The molecule has 1 rings (SSSR count). The van der Waals surface area contributed by atoms with Gasteiger partial charge in [-0.05, 0) is 6.08 Å². The highest BCUT2D eigenvalue weighted by molar-refractivity contribution is 5.86. The van der Waals surface area contributed by atoms with Gasteiger partial charge in [-0.15, -0.1) is 0 Å². The second kappa shape index (κ2) is 5.50. The lowest BCUT2D eigenvalue weighted by atomic mass is 10.4. The highest BCUT2D eigenvalue weighted by Gasteiger charge is 2.08. The number of carbonyl (C=O) groups excluding carboxylic acids is 1. The fraction of sp³-hybridized carbons (Fsp3) is 0.444. The molecule has 0 aromatic carbocycles. The van der Waals surface area contributed by atoms with Crippen LogP contribution in [0.15, 0.2) is 24.8 Å². The van der Waals surface area contributed by atoms with E-state index in [-0.39, 0.29) is 18.7 Å². The van der Waals surface area contributed by atoms with Gasteiger partial charge in [-0.3, -0.25) is 4.79 Å². The fourth-order valence-corrected chi connectivity index (χ4v) is 0.915. The molecule has 13 heavy (non-hydrogen) atoms. The Morgan fingerprint density at radius 1 is 1.85 bits per heavy atom. The van der Waals surface area contributed by atoms with Gasteiger partial charge < -0.3 is 14.8 Å². The van der Waals surface area contributed by atoms with E-state index in [0.29, 0.717) is 13.2 Å². The predicted octanol–water partition coefficient (Wildman–Crippen LogP) is 0.218. The Kier molecular flexibility index (Phi) is 4.21. The van der Waals surface area contributed by atoms with Crippen LogP contribution in [0.5, 0.6) is 0 Å². The van der Waals surface area contributed by atoms with Gasteiger partial charge in [-0.1, -0.05) is 18.7 Å². The van der Waals surface area contributed by atoms with Gasteiger partial charge in [0, 0.05) is 0 Å². The standard InChI is InChI=1S/C9H13NO3/c1-2-9(11)10-7-12-6-8-4-3-5-13-8/h2-4,8H,1,5-7H2,(H,10,11). The molecule has 0 bridgehead atoms. The SMILES string of the molecule is C=CC(=O)NCOCC1C=CCO1. The van der Waals surface area contributed by atoms with Gasteiger partial charge in [0.05, 0.1) is 19.3 Å². The quantitative estimate of drug-likeness (QED) is 0.287. The van der Waals surface area contributed by atoms with Crippen LogP contribution in [0.1, 0.15) is 0 Å². The molecule has 0 radical (unpaired) electrons. The summed E-state index contributed by atoms with van der Waals surface area (Å²) in [7, 11) is 0. The average molecular weight is 183 g/mol. The first-order valence-corrected chi connectivity index (χ1v) is 4.09. The molecule has 0 aromatic rings. The zero-order valence-electron chi connectivity index (χ0n) is 7.36. The van der Waals surface area contributed by atoms with Crippen molar-refractivity contribution < 1.29 is 14.3 Å². The maximum Gasteiger partial charge on any atom is 0.245 e. The summed E-state index contributed by atoms with van der Waals surface area (Å²) >= 11 is 0. The molecule has 0 fully saturated rings. The number of nitrogens with one attached hydrogen (secondary N) is 1. The first-order chi connectivity index (χ1) is 6.33. The molecule has 1 N–H and O–H groups in total. The second-order valence-corrected chi connectivity index (χ2v) is 2.56. The molecule has 0 saturated heterocycles. The van der Waals surface area contributed by atoms with Crippen LogP contribution >= 0.6 is 0 Å². The van der Waals surface area contributed by atoms with Crippen LogP contribution in [0.4, 0.5) is 0 Å².